The van der Waals surface area contributed by atoms with Gasteiger partial charge in [0.25, 0.3) is 5.91 Å². The zero-order valence-electron chi connectivity index (χ0n) is 14.5. The summed E-state index contributed by atoms with van der Waals surface area (Å²) in [4.78, 5) is 15.2. The second-order valence-corrected chi connectivity index (χ2v) is 8.11. The summed E-state index contributed by atoms with van der Waals surface area (Å²) in [7, 11) is 0. The number of hydrogen-bond donors (Lipinski definition) is 2. The molecule has 4 rings (SSSR count). The molecule has 1 saturated heterocycles. The van der Waals surface area contributed by atoms with E-state index >= 15 is 0 Å². The van der Waals surface area contributed by atoms with Gasteiger partial charge in [0, 0.05) is 40.4 Å². The Morgan fingerprint density at radius 2 is 1.85 bits per heavy atom. The topological polar surface area (TPSA) is 70.2 Å². The van der Waals surface area contributed by atoms with E-state index in [-0.39, 0.29) is 5.91 Å². The van der Waals surface area contributed by atoms with Gasteiger partial charge in [-0.2, -0.15) is 5.10 Å². The van der Waals surface area contributed by atoms with Crippen molar-refractivity contribution in [1.82, 2.24) is 10.2 Å². The fourth-order valence-electron chi connectivity index (χ4n) is 2.98. The number of benzene rings is 1. The minimum absolute atomic E-state index is 0.115. The highest BCUT2D eigenvalue weighted by Gasteiger charge is 2.13. The maximum Gasteiger partial charge on any atom is 0.265 e. The Labute approximate surface area is 169 Å². The number of aromatic nitrogens is 2. The molecule has 1 fully saturated rings. The Morgan fingerprint density at radius 3 is 2.56 bits per heavy atom. The summed E-state index contributed by atoms with van der Waals surface area (Å²) in [6.07, 6.45) is 4.25. The van der Waals surface area contributed by atoms with Gasteiger partial charge < -0.3 is 15.5 Å². The number of halogens is 1. The van der Waals surface area contributed by atoms with Crippen LogP contribution in [0.4, 0.5) is 22.9 Å². The van der Waals surface area contributed by atoms with Crippen LogP contribution in [0.15, 0.2) is 52.4 Å². The van der Waals surface area contributed by atoms with Crippen LogP contribution in [-0.2, 0) is 0 Å². The molecule has 0 bridgehead atoms. The van der Waals surface area contributed by atoms with Gasteiger partial charge in [0.15, 0.2) is 5.82 Å². The minimum Gasteiger partial charge on any atom is -0.370 e. The lowest BCUT2D eigenvalue weighted by Crippen LogP contribution is -2.18. The molecule has 138 valence electrons. The summed E-state index contributed by atoms with van der Waals surface area (Å²) in [5.41, 5.74) is 2.72. The quantitative estimate of drug-likeness (QED) is 0.586. The van der Waals surface area contributed by atoms with Gasteiger partial charge in [0.1, 0.15) is 0 Å². The molecule has 0 radical (unpaired) electrons. The van der Waals surface area contributed by atoms with Crippen LogP contribution in [0.25, 0.3) is 0 Å². The first-order chi connectivity index (χ1) is 13.2. The molecule has 0 spiro atoms. The van der Waals surface area contributed by atoms with E-state index in [1.807, 2.05) is 41.8 Å². The Morgan fingerprint density at radius 1 is 1.11 bits per heavy atom. The second-order valence-electron chi connectivity index (χ2n) is 6.28. The van der Waals surface area contributed by atoms with E-state index in [1.54, 1.807) is 6.20 Å². The monoisotopic (exact) mass is 443 g/mol. The molecule has 8 heteroatoms. The molecule has 3 heterocycles. The lowest BCUT2D eigenvalue weighted by molar-refractivity contribution is 0.103. The number of anilines is 4. The Balaban J connectivity index is 1.40. The highest BCUT2D eigenvalue weighted by atomic mass is 79.9. The van der Waals surface area contributed by atoms with Crippen LogP contribution in [0.1, 0.15) is 22.5 Å². The van der Waals surface area contributed by atoms with Gasteiger partial charge in [-0.1, -0.05) is 0 Å². The van der Waals surface area contributed by atoms with E-state index in [2.05, 4.69) is 41.7 Å². The first kappa shape index (κ1) is 17.9. The van der Waals surface area contributed by atoms with E-state index in [4.69, 9.17) is 0 Å². The Kier molecular flexibility index (Phi) is 5.35. The fourth-order valence-corrected chi connectivity index (χ4v) is 4.30. The van der Waals surface area contributed by atoms with Crippen molar-refractivity contribution in [3.63, 3.8) is 0 Å². The van der Waals surface area contributed by atoms with Crippen LogP contribution >= 0.6 is 27.3 Å². The number of carbonyl (C=O) groups excluding carboxylic acids is 1. The van der Waals surface area contributed by atoms with Crippen LogP contribution in [0, 0.1) is 0 Å². The maximum absolute atomic E-state index is 12.2. The lowest BCUT2D eigenvalue weighted by atomic mass is 10.2. The summed E-state index contributed by atoms with van der Waals surface area (Å²) in [5, 5.41) is 16.3. The number of hydrogen-bond acceptors (Lipinski definition) is 6. The first-order valence-electron chi connectivity index (χ1n) is 8.67. The molecule has 0 saturated carbocycles. The highest BCUT2D eigenvalue weighted by molar-refractivity contribution is 9.10. The number of thiophene rings is 1. The van der Waals surface area contributed by atoms with Crippen LogP contribution < -0.4 is 15.5 Å². The second kappa shape index (κ2) is 8.06. The molecule has 1 aliphatic rings. The summed E-state index contributed by atoms with van der Waals surface area (Å²) < 4.78 is 0.912. The van der Waals surface area contributed by atoms with Gasteiger partial charge in [-0.25, -0.2) is 0 Å². The molecule has 2 N–H and O–H groups in total. The highest BCUT2D eigenvalue weighted by Crippen LogP contribution is 2.24. The SMILES string of the molecule is O=C(Nc1ccc(Nc2cc(N3CCCC3)cnn2)cc1)c1cc(Br)cs1. The van der Waals surface area contributed by atoms with Gasteiger partial charge in [0.05, 0.1) is 16.8 Å². The van der Waals surface area contributed by atoms with Crippen molar-refractivity contribution >= 4 is 56.1 Å². The third kappa shape index (κ3) is 4.45. The molecule has 3 aromatic rings. The van der Waals surface area contributed by atoms with Gasteiger partial charge in [-0.05, 0) is 59.1 Å². The van der Waals surface area contributed by atoms with E-state index < -0.39 is 0 Å². The standard InChI is InChI=1S/C19H18BrN5OS/c20-13-9-17(27-12-13)19(26)23-15-5-3-14(4-6-15)22-18-10-16(11-21-24-18)25-7-1-2-8-25/h3-6,9-12H,1-2,7-8H2,(H,22,24)(H,23,26). The van der Waals surface area contributed by atoms with Crippen LogP contribution in [0.2, 0.25) is 0 Å². The van der Waals surface area contributed by atoms with Gasteiger partial charge >= 0.3 is 0 Å². The normalized spacial score (nSPS) is 13.6. The van der Waals surface area contributed by atoms with E-state index in [1.165, 1.54) is 24.2 Å². The first-order valence-corrected chi connectivity index (χ1v) is 10.3. The zero-order valence-corrected chi connectivity index (χ0v) is 16.9. The van der Waals surface area contributed by atoms with Crippen molar-refractivity contribution < 1.29 is 4.79 Å². The van der Waals surface area contributed by atoms with Gasteiger partial charge in [-0.3, -0.25) is 4.79 Å². The number of amides is 1. The van der Waals surface area contributed by atoms with Crippen LogP contribution in [0.3, 0.4) is 0 Å². The number of carbonyl (C=O) groups is 1. The average molecular weight is 444 g/mol. The average Bonchev–Trinajstić information content (AvgIpc) is 3.35. The Hall–Kier alpha value is -2.45. The number of rotatable bonds is 5. The molecule has 1 aliphatic heterocycles. The fraction of sp³-hybridized carbons (Fsp3) is 0.211. The van der Waals surface area contributed by atoms with Crippen molar-refractivity contribution in [3.8, 4) is 0 Å². The summed E-state index contributed by atoms with van der Waals surface area (Å²) >= 11 is 4.76. The minimum atomic E-state index is -0.115. The zero-order chi connectivity index (χ0) is 18.6. The third-order valence-corrected chi connectivity index (χ3v) is 6.01. The maximum atomic E-state index is 12.2. The molecule has 2 aromatic heterocycles. The molecule has 6 nitrogen and oxygen atoms in total. The summed E-state index contributed by atoms with van der Waals surface area (Å²) in [6.45, 7) is 2.14. The van der Waals surface area contributed by atoms with Crippen molar-refractivity contribution in [2.24, 2.45) is 0 Å². The molecule has 0 unspecified atom stereocenters. The molecule has 27 heavy (non-hydrogen) atoms. The molecule has 1 amide bonds. The van der Waals surface area contributed by atoms with Gasteiger partial charge in [0.2, 0.25) is 0 Å². The molecular weight excluding hydrogens is 426 g/mol. The predicted octanol–water partition coefficient (Wildman–Crippen LogP) is 4.90. The van der Waals surface area contributed by atoms with Crippen molar-refractivity contribution in [3.05, 3.63) is 57.3 Å². The Bertz CT molecular complexity index is 937. The largest absolute Gasteiger partial charge is 0.370 e. The van der Waals surface area contributed by atoms with Crippen molar-refractivity contribution in [2.45, 2.75) is 12.8 Å². The molecular formula is C19H18BrN5OS. The smallest absolute Gasteiger partial charge is 0.265 e. The molecule has 0 atom stereocenters. The van der Waals surface area contributed by atoms with E-state index in [9.17, 15) is 4.79 Å². The number of nitrogens with zero attached hydrogens (tertiary/aromatic N) is 3. The summed E-state index contributed by atoms with van der Waals surface area (Å²) in [5.74, 6) is 0.593. The van der Waals surface area contributed by atoms with E-state index in [0.29, 0.717) is 10.7 Å². The molecule has 1 aromatic carbocycles. The van der Waals surface area contributed by atoms with Crippen LogP contribution in [-0.4, -0.2) is 29.2 Å². The summed E-state index contributed by atoms with van der Waals surface area (Å²) in [6, 6.07) is 11.4. The molecule has 0 aliphatic carbocycles. The number of nitrogens with one attached hydrogen (secondary N) is 2. The predicted molar refractivity (Wildman–Crippen MR) is 113 cm³/mol. The van der Waals surface area contributed by atoms with E-state index in [0.717, 1.165) is 34.6 Å². The third-order valence-electron chi connectivity index (χ3n) is 4.32. The lowest BCUT2D eigenvalue weighted by Gasteiger charge is -2.17. The van der Waals surface area contributed by atoms with Gasteiger partial charge in [-0.15, -0.1) is 16.4 Å². The van der Waals surface area contributed by atoms with Crippen molar-refractivity contribution in [2.75, 3.05) is 28.6 Å². The van der Waals surface area contributed by atoms with Crippen LogP contribution in [0.5, 0.6) is 0 Å². The van der Waals surface area contributed by atoms with Crippen molar-refractivity contribution in [1.29, 1.82) is 0 Å².